The zero-order valence-electron chi connectivity index (χ0n) is 15.3. The van der Waals surface area contributed by atoms with Crippen LogP contribution in [0.25, 0.3) is 11.0 Å². The number of esters is 1. The molecule has 0 unspecified atom stereocenters. The van der Waals surface area contributed by atoms with Crippen LogP contribution in [0.4, 0.5) is 0 Å². The number of rotatable bonds is 7. The number of benzene rings is 2. The Morgan fingerprint density at radius 1 is 1.07 bits per heavy atom. The lowest BCUT2D eigenvalue weighted by Crippen LogP contribution is -2.28. The summed E-state index contributed by atoms with van der Waals surface area (Å²) in [6.45, 7) is 2.18. The molecule has 1 amide bonds. The summed E-state index contributed by atoms with van der Waals surface area (Å²) in [5, 5.41) is 3.53. The molecular weight excluding hydrogens is 346 g/mol. The molecule has 1 heterocycles. The number of carbonyl (C=O) groups is 2. The van der Waals surface area contributed by atoms with Crippen molar-refractivity contribution in [2.24, 2.45) is 0 Å². The molecule has 6 nitrogen and oxygen atoms in total. The molecule has 27 heavy (non-hydrogen) atoms. The molecule has 0 radical (unpaired) electrons. The average Bonchev–Trinajstić information content (AvgIpc) is 3.04. The van der Waals surface area contributed by atoms with Gasteiger partial charge in [0.05, 0.1) is 6.61 Å². The van der Waals surface area contributed by atoms with Gasteiger partial charge >= 0.3 is 5.97 Å². The van der Waals surface area contributed by atoms with Gasteiger partial charge in [0.2, 0.25) is 5.76 Å². The Balaban J connectivity index is 1.62. The number of ether oxygens (including phenoxy) is 2. The van der Waals surface area contributed by atoms with Crippen molar-refractivity contribution in [2.75, 3.05) is 13.7 Å². The molecule has 0 saturated heterocycles. The van der Waals surface area contributed by atoms with Gasteiger partial charge in [-0.1, -0.05) is 42.5 Å². The zero-order valence-corrected chi connectivity index (χ0v) is 15.3. The summed E-state index contributed by atoms with van der Waals surface area (Å²) in [4.78, 5) is 24.4. The van der Waals surface area contributed by atoms with Gasteiger partial charge in [-0.05, 0) is 24.1 Å². The van der Waals surface area contributed by atoms with Crippen molar-refractivity contribution in [3.8, 4) is 0 Å². The van der Waals surface area contributed by atoms with Crippen LogP contribution in [0.5, 0.6) is 0 Å². The van der Waals surface area contributed by atoms with Gasteiger partial charge < -0.3 is 19.2 Å². The zero-order chi connectivity index (χ0) is 19.2. The molecule has 0 bridgehead atoms. The highest BCUT2D eigenvalue weighted by molar-refractivity contribution is 5.96. The first-order valence-electron chi connectivity index (χ1n) is 8.58. The fourth-order valence-electron chi connectivity index (χ4n) is 2.80. The van der Waals surface area contributed by atoms with Gasteiger partial charge in [0.1, 0.15) is 5.58 Å². The standard InChI is InChI=1S/C21H21NO5/c1-14-7-3-4-8-15(14)11-22-19(23)13-26-21(24)20-17(12-25-2)16-9-5-6-10-18(16)27-20/h3-10H,11-13H2,1-2H3,(H,22,23). The van der Waals surface area contributed by atoms with Crippen molar-refractivity contribution in [1.29, 1.82) is 0 Å². The molecule has 1 aromatic heterocycles. The van der Waals surface area contributed by atoms with Crippen molar-refractivity contribution in [1.82, 2.24) is 5.32 Å². The third-order valence-corrected chi connectivity index (χ3v) is 4.24. The molecule has 1 N–H and O–H groups in total. The van der Waals surface area contributed by atoms with E-state index in [1.165, 1.54) is 7.11 Å². The molecule has 140 valence electrons. The highest BCUT2D eigenvalue weighted by Crippen LogP contribution is 2.27. The largest absolute Gasteiger partial charge is 0.450 e. The number of fused-ring (bicyclic) bond motifs is 1. The third kappa shape index (κ3) is 4.35. The van der Waals surface area contributed by atoms with Crippen molar-refractivity contribution in [3.63, 3.8) is 0 Å². The molecule has 3 aromatic rings. The van der Waals surface area contributed by atoms with Gasteiger partial charge in [0.25, 0.3) is 5.91 Å². The number of aryl methyl sites for hydroxylation is 1. The molecule has 2 aromatic carbocycles. The Morgan fingerprint density at radius 2 is 1.81 bits per heavy atom. The summed E-state index contributed by atoms with van der Waals surface area (Å²) in [6, 6.07) is 15.0. The van der Waals surface area contributed by atoms with E-state index in [1.54, 1.807) is 6.07 Å². The fourth-order valence-corrected chi connectivity index (χ4v) is 2.80. The van der Waals surface area contributed by atoms with E-state index in [1.807, 2.05) is 49.4 Å². The van der Waals surface area contributed by atoms with E-state index in [0.29, 0.717) is 17.7 Å². The van der Waals surface area contributed by atoms with Crippen LogP contribution in [0.2, 0.25) is 0 Å². The first-order valence-corrected chi connectivity index (χ1v) is 8.58. The first-order chi connectivity index (χ1) is 13.1. The summed E-state index contributed by atoms with van der Waals surface area (Å²) >= 11 is 0. The quantitative estimate of drug-likeness (QED) is 0.648. The Hall–Kier alpha value is -3.12. The van der Waals surface area contributed by atoms with Gasteiger partial charge in [0, 0.05) is 24.6 Å². The molecule has 0 spiro atoms. The molecule has 3 rings (SSSR count). The number of amides is 1. The number of para-hydroxylation sites is 1. The van der Waals surface area contributed by atoms with E-state index in [2.05, 4.69) is 5.32 Å². The van der Waals surface area contributed by atoms with Crippen LogP contribution in [0.3, 0.4) is 0 Å². The van der Waals surface area contributed by atoms with Gasteiger partial charge in [-0.25, -0.2) is 4.79 Å². The van der Waals surface area contributed by atoms with E-state index in [4.69, 9.17) is 13.9 Å². The minimum Gasteiger partial charge on any atom is -0.450 e. The molecular formula is C21H21NO5. The number of carbonyl (C=O) groups excluding carboxylic acids is 2. The number of furan rings is 1. The summed E-state index contributed by atoms with van der Waals surface area (Å²) in [5.41, 5.74) is 3.28. The number of methoxy groups -OCH3 is 1. The summed E-state index contributed by atoms with van der Waals surface area (Å²) < 4.78 is 15.9. The van der Waals surface area contributed by atoms with Crippen molar-refractivity contribution in [2.45, 2.75) is 20.1 Å². The summed E-state index contributed by atoms with van der Waals surface area (Å²) in [7, 11) is 1.54. The second-order valence-corrected chi connectivity index (χ2v) is 6.12. The first kappa shape index (κ1) is 18.7. The summed E-state index contributed by atoms with van der Waals surface area (Å²) in [5.74, 6) is -1.01. The molecule has 0 fully saturated rings. The van der Waals surface area contributed by atoms with Crippen LogP contribution in [0.1, 0.15) is 27.2 Å². The summed E-state index contributed by atoms with van der Waals surface area (Å²) in [6.07, 6.45) is 0. The van der Waals surface area contributed by atoms with Crippen LogP contribution in [0.15, 0.2) is 52.9 Å². The molecule has 0 saturated carbocycles. The minimum atomic E-state index is -0.690. The van der Waals surface area contributed by atoms with Gasteiger partial charge in [-0.15, -0.1) is 0 Å². The molecule has 0 atom stereocenters. The maximum Gasteiger partial charge on any atom is 0.375 e. The van der Waals surface area contributed by atoms with Crippen LogP contribution in [0, 0.1) is 6.92 Å². The lowest BCUT2D eigenvalue weighted by Gasteiger charge is -2.08. The van der Waals surface area contributed by atoms with Crippen LogP contribution < -0.4 is 5.32 Å². The van der Waals surface area contributed by atoms with E-state index < -0.39 is 5.97 Å². The number of hydrogen-bond donors (Lipinski definition) is 1. The van der Waals surface area contributed by atoms with E-state index >= 15 is 0 Å². The highest BCUT2D eigenvalue weighted by atomic mass is 16.5. The Morgan fingerprint density at radius 3 is 2.59 bits per heavy atom. The Bertz CT molecular complexity index is 960. The SMILES string of the molecule is COCc1c(C(=O)OCC(=O)NCc2ccccc2C)oc2ccccc12. The van der Waals surface area contributed by atoms with Gasteiger partial charge in [-0.2, -0.15) is 0 Å². The monoisotopic (exact) mass is 367 g/mol. The molecule has 0 aliphatic carbocycles. The second kappa shape index (κ2) is 8.51. The van der Waals surface area contributed by atoms with Crippen molar-refractivity contribution < 1.29 is 23.5 Å². The van der Waals surface area contributed by atoms with Crippen molar-refractivity contribution >= 4 is 22.8 Å². The topological polar surface area (TPSA) is 77.8 Å². The minimum absolute atomic E-state index is 0.0600. The Labute approximate surface area is 157 Å². The van der Waals surface area contributed by atoms with E-state index in [0.717, 1.165) is 16.5 Å². The lowest BCUT2D eigenvalue weighted by molar-refractivity contribution is -0.124. The van der Waals surface area contributed by atoms with Crippen LogP contribution in [-0.4, -0.2) is 25.6 Å². The third-order valence-electron chi connectivity index (χ3n) is 4.24. The fraction of sp³-hybridized carbons (Fsp3) is 0.238. The predicted octanol–water partition coefficient (Wildman–Crippen LogP) is 3.36. The average molecular weight is 367 g/mol. The van der Waals surface area contributed by atoms with Crippen LogP contribution in [-0.2, 0) is 27.4 Å². The van der Waals surface area contributed by atoms with Gasteiger partial charge in [0.15, 0.2) is 6.61 Å². The maximum absolute atomic E-state index is 12.4. The molecule has 0 aliphatic rings. The lowest BCUT2D eigenvalue weighted by atomic mass is 10.1. The van der Waals surface area contributed by atoms with Crippen LogP contribution >= 0.6 is 0 Å². The predicted molar refractivity (Wildman–Crippen MR) is 100 cm³/mol. The number of nitrogens with one attached hydrogen (secondary N) is 1. The van der Waals surface area contributed by atoms with E-state index in [9.17, 15) is 9.59 Å². The highest BCUT2D eigenvalue weighted by Gasteiger charge is 2.22. The second-order valence-electron chi connectivity index (χ2n) is 6.12. The molecule has 6 heteroatoms. The maximum atomic E-state index is 12.4. The Kier molecular flexibility index (Phi) is 5.88. The van der Waals surface area contributed by atoms with E-state index in [-0.39, 0.29) is 24.9 Å². The normalized spacial score (nSPS) is 10.7. The van der Waals surface area contributed by atoms with Gasteiger partial charge in [-0.3, -0.25) is 4.79 Å². The van der Waals surface area contributed by atoms with Crippen molar-refractivity contribution in [3.05, 3.63) is 71.0 Å². The smallest absolute Gasteiger partial charge is 0.375 e. The molecule has 0 aliphatic heterocycles. The number of hydrogen-bond acceptors (Lipinski definition) is 5.